The molecule has 0 N–H and O–H groups in total. The van der Waals surface area contributed by atoms with Gasteiger partial charge in [-0.1, -0.05) is 42.5 Å². The van der Waals surface area contributed by atoms with Crippen LogP contribution in [-0.4, -0.2) is 6.18 Å². The molecule has 2 rings (SSSR count). The Bertz CT molecular complexity index is 391. The average Bonchev–Trinajstić information content (AvgIpc) is 2.62. The van der Waals surface area contributed by atoms with E-state index < -0.39 is 11.6 Å². The molecule has 3 heteroatoms. The normalized spacial score (nSPS) is 26.1. The third-order valence-corrected chi connectivity index (χ3v) is 3.33. The predicted molar refractivity (Wildman–Crippen MR) is 57.2 cm³/mol. The highest BCUT2D eigenvalue weighted by Crippen LogP contribution is 2.53. The van der Waals surface area contributed by atoms with Crippen LogP contribution in [0, 0.1) is 0 Å². The molecule has 0 bridgehead atoms. The van der Waals surface area contributed by atoms with E-state index in [1.54, 1.807) is 30.3 Å². The molecule has 86 valence electrons. The fourth-order valence-corrected chi connectivity index (χ4v) is 2.40. The monoisotopic (exact) mass is 226 g/mol. The summed E-state index contributed by atoms with van der Waals surface area (Å²) in [5.41, 5.74) is -0.645. The van der Waals surface area contributed by atoms with Gasteiger partial charge < -0.3 is 0 Å². The zero-order valence-corrected chi connectivity index (χ0v) is 8.85. The zero-order chi connectivity index (χ0) is 11.8. The Balaban J connectivity index is 2.49. The van der Waals surface area contributed by atoms with E-state index in [-0.39, 0.29) is 12.8 Å². The summed E-state index contributed by atoms with van der Waals surface area (Å²) < 4.78 is 39.7. The van der Waals surface area contributed by atoms with Gasteiger partial charge in [-0.3, -0.25) is 0 Å². The summed E-state index contributed by atoms with van der Waals surface area (Å²) in [4.78, 5) is 0. The number of hydrogen-bond acceptors (Lipinski definition) is 0. The Morgan fingerprint density at radius 3 is 2.19 bits per heavy atom. The van der Waals surface area contributed by atoms with Gasteiger partial charge in [-0.25, -0.2) is 0 Å². The van der Waals surface area contributed by atoms with Crippen LogP contribution in [0.2, 0.25) is 0 Å². The summed E-state index contributed by atoms with van der Waals surface area (Å²) >= 11 is 0. The fraction of sp³-hybridized carbons (Fsp3) is 0.385. The molecule has 1 unspecified atom stereocenters. The molecule has 1 fully saturated rings. The van der Waals surface area contributed by atoms with E-state index in [0.29, 0.717) is 17.6 Å². The van der Waals surface area contributed by atoms with Crippen molar-refractivity contribution in [3.8, 4) is 0 Å². The molecular formula is C13H13F3. The molecular weight excluding hydrogens is 213 g/mol. The minimum absolute atomic E-state index is 0.0283. The van der Waals surface area contributed by atoms with Crippen molar-refractivity contribution in [3.05, 3.63) is 48.0 Å². The highest BCUT2D eigenvalue weighted by Gasteiger charge is 2.57. The van der Waals surface area contributed by atoms with E-state index in [2.05, 4.69) is 6.58 Å². The first-order valence-corrected chi connectivity index (χ1v) is 5.25. The lowest BCUT2D eigenvalue weighted by molar-refractivity contribution is -0.188. The van der Waals surface area contributed by atoms with Crippen molar-refractivity contribution in [2.75, 3.05) is 0 Å². The van der Waals surface area contributed by atoms with Crippen molar-refractivity contribution in [1.29, 1.82) is 0 Å². The van der Waals surface area contributed by atoms with Crippen molar-refractivity contribution < 1.29 is 13.2 Å². The minimum atomic E-state index is -4.20. The van der Waals surface area contributed by atoms with Crippen LogP contribution in [0.3, 0.4) is 0 Å². The molecule has 0 saturated heterocycles. The number of alkyl halides is 3. The van der Waals surface area contributed by atoms with E-state index in [1.165, 1.54) is 0 Å². The van der Waals surface area contributed by atoms with Crippen LogP contribution in [0.5, 0.6) is 0 Å². The largest absolute Gasteiger partial charge is 0.398 e. The van der Waals surface area contributed by atoms with Crippen LogP contribution in [0.25, 0.3) is 0 Å². The first-order valence-electron chi connectivity index (χ1n) is 5.25. The third-order valence-electron chi connectivity index (χ3n) is 3.33. The maximum atomic E-state index is 13.2. The molecule has 16 heavy (non-hydrogen) atoms. The molecule has 1 saturated carbocycles. The molecule has 0 spiro atoms. The molecule has 0 heterocycles. The molecule has 1 aromatic carbocycles. The first kappa shape index (κ1) is 11.2. The van der Waals surface area contributed by atoms with Gasteiger partial charge in [-0.15, -0.1) is 0 Å². The van der Waals surface area contributed by atoms with Gasteiger partial charge in [0, 0.05) is 0 Å². The van der Waals surface area contributed by atoms with Crippen LogP contribution >= 0.6 is 0 Å². The SMILES string of the molecule is C=C1CCC(c2ccccc2)(C(F)(F)F)C1. The van der Waals surface area contributed by atoms with E-state index in [9.17, 15) is 13.2 Å². The first-order chi connectivity index (χ1) is 7.46. The Hall–Kier alpha value is -1.25. The molecule has 0 radical (unpaired) electrons. The van der Waals surface area contributed by atoms with Gasteiger partial charge in [0.15, 0.2) is 0 Å². The lowest BCUT2D eigenvalue weighted by Gasteiger charge is -2.31. The molecule has 1 atom stereocenters. The molecule has 1 aliphatic carbocycles. The van der Waals surface area contributed by atoms with E-state index in [1.807, 2.05) is 0 Å². The van der Waals surface area contributed by atoms with Gasteiger partial charge in [-0.2, -0.15) is 13.2 Å². The summed E-state index contributed by atoms with van der Waals surface area (Å²) in [5, 5.41) is 0. The summed E-state index contributed by atoms with van der Waals surface area (Å²) in [6, 6.07) is 8.17. The van der Waals surface area contributed by atoms with E-state index in [0.717, 1.165) is 0 Å². The quantitative estimate of drug-likeness (QED) is 0.629. The Labute approximate surface area is 92.8 Å². The molecule has 0 nitrogen and oxygen atoms in total. The van der Waals surface area contributed by atoms with Crippen LogP contribution in [-0.2, 0) is 5.41 Å². The topological polar surface area (TPSA) is 0 Å². The van der Waals surface area contributed by atoms with Crippen LogP contribution in [0.15, 0.2) is 42.5 Å². The van der Waals surface area contributed by atoms with Crippen LogP contribution in [0.1, 0.15) is 24.8 Å². The number of rotatable bonds is 1. The Morgan fingerprint density at radius 1 is 1.12 bits per heavy atom. The van der Waals surface area contributed by atoms with Crippen molar-refractivity contribution in [2.24, 2.45) is 0 Å². The Kier molecular flexibility index (Phi) is 2.56. The average molecular weight is 226 g/mol. The second-order valence-electron chi connectivity index (χ2n) is 4.37. The summed E-state index contributed by atoms with van der Waals surface area (Å²) in [6.07, 6.45) is -3.58. The van der Waals surface area contributed by atoms with Crippen molar-refractivity contribution >= 4 is 0 Å². The molecule has 1 aliphatic rings. The van der Waals surface area contributed by atoms with Crippen LogP contribution in [0.4, 0.5) is 13.2 Å². The minimum Gasteiger partial charge on any atom is -0.170 e. The summed E-state index contributed by atoms with van der Waals surface area (Å²) in [6.45, 7) is 3.69. The number of hydrogen-bond donors (Lipinski definition) is 0. The van der Waals surface area contributed by atoms with Crippen LogP contribution < -0.4 is 0 Å². The number of benzene rings is 1. The maximum Gasteiger partial charge on any atom is 0.398 e. The molecule has 1 aromatic rings. The molecule has 0 aromatic heterocycles. The Morgan fingerprint density at radius 2 is 1.75 bits per heavy atom. The summed E-state index contributed by atoms with van der Waals surface area (Å²) in [7, 11) is 0. The molecule has 0 aliphatic heterocycles. The van der Waals surface area contributed by atoms with Gasteiger partial charge in [0.1, 0.15) is 0 Å². The number of allylic oxidation sites excluding steroid dienone is 1. The standard InChI is InChI=1S/C13H13F3/c1-10-7-8-12(9-10,13(14,15)16)11-5-3-2-4-6-11/h2-6H,1,7-9H2. The highest BCUT2D eigenvalue weighted by atomic mass is 19.4. The molecule has 0 amide bonds. The second kappa shape index (κ2) is 3.65. The highest BCUT2D eigenvalue weighted by molar-refractivity contribution is 5.33. The van der Waals surface area contributed by atoms with Gasteiger partial charge in [0.25, 0.3) is 0 Å². The smallest absolute Gasteiger partial charge is 0.170 e. The van der Waals surface area contributed by atoms with E-state index in [4.69, 9.17) is 0 Å². The fourth-order valence-electron chi connectivity index (χ4n) is 2.40. The van der Waals surface area contributed by atoms with Crippen molar-refractivity contribution in [3.63, 3.8) is 0 Å². The van der Waals surface area contributed by atoms with E-state index >= 15 is 0 Å². The van der Waals surface area contributed by atoms with Gasteiger partial charge >= 0.3 is 6.18 Å². The van der Waals surface area contributed by atoms with Crippen molar-refractivity contribution in [1.82, 2.24) is 0 Å². The van der Waals surface area contributed by atoms with Crippen molar-refractivity contribution in [2.45, 2.75) is 30.9 Å². The maximum absolute atomic E-state index is 13.2. The third kappa shape index (κ3) is 1.64. The zero-order valence-electron chi connectivity index (χ0n) is 8.85. The van der Waals surface area contributed by atoms with Gasteiger partial charge in [-0.05, 0) is 24.8 Å². The number of halogens is 3. The lowest BCUT2D eigenvalue weighted by Crippen LogP contribution is -2.39. The summed E-state index contributed by atoms with van der Waals surface area (Å²) in [5.74, 6) is 0. The predicted octanol–water partition coefficient (Wildman–Crippen LogP) is 4.23. The lowest BCUT2D eigenvalue weighted by atomic mass is 9.78. The van der Waals surface area contributed by atoms with Gasteiger partial charge in [0.05, 0.1) is 5.41 Å². The van der Waals surface area contributed by atoms with Gasteiger partial charge in [0.2, 0.25) is 0 Å². The second-order valence-corrected chi connectivity index (χ2v) is 4.37.